The van der Waals surface area contributed by atoms with Crippen molar-refractivity contribution in [3.63, 3.8) is 0 Å². The van der Waals surface area contributed by atoms with Crippen LogP contribution in [-0.4, -0.2) is 55.1 Å². The molecule has 1 saturated heterocycles. The standard InChI is InChI=1S/C14H21N5O4/c1-7(2)4-15-14-17-12-11(13(22)18-14)16-6-19(12)10-3-8(21)9(5-20)23-10/h6-10,20-21H,3-5H2,1-2H3,(H2,15,17,18,22)/t8-,9-,10-/m1/s1. The van der Waals surface area contributed by atoms with Gasteiger partial charge in [-0.2, -0.15) is 4.98 Å². The second-order valence-corrected chi connectivity index (χ2v) is 6.13. The number of imidazole rings is 1. The summed E-state index contributed by atoms with van der Waals surface area (Å²) in [6, 6.07) is 0. The minimum Gasteiger partial charge on any atom is -0.394 e. The third-order valence-electron chi connectivity index (χ3n) is 3.80. The number of nitrogens with zero attached hydrogens (tertiary/aromatic N) is 3. The highest BCUT2D eigenvalue weighted by atomic mass is 16.5. The Labute approximate surface area is 132 Å². The van der Waals surface area contributed by atoms with Crippen molar-refractivity contribution in [2.45, 2.75) is 38.7 Å². The zero-order valence-electron chi connectivity index (χ0n) is 13.1. The second-order valence-electron chi connectivity index (χ2n) is 6.13. The van der Waals surface area contributed by atoms with Crippen LogP contribution in [0.2, 0.25) is 0 Å². The molecular formula is C14H21N5O4. The molecule has 0 radical (unpaired) electrons. The van der Waals surface area contributed by atoms with Gasteiger partial charge in [-0.05, 0) is 5.92 Å². The molecule has 0 spiro atoms. The zero-order chi connectivity index (χ0) is 16.6. The van der Waals surface area contributed by atoms with Gasteiger partial charge in [-0.1, -0.05) is 13.8 Å². The van der Waals surface area contributed by atoms with Crippen LogP contribution in [0.1, 0.15) is 26.5 Å². The number of aromatic amines is 1. The molecule has 126 valence electrons. The summed E-state index contributed by atoms with van der Waals surface area (Å²) in [6.07, 6.45) is -0.142. The van der Waals surface area contributed by atoms with E-state index in [0.717, 1.165) is 0 Å². The summed E-state index contributed by atoms with van der Waals surface area (Å²) in [5.41, 5.74) is 0.263. The van der Waals surface area contributed by atoms with Gasteiger partial charge in [0.1, 0.15) is 12.3 Å². The number of hydrogen-bond donors (Lipinski definition) is 4. The van der Waals surface area contributed by atoms with Crippen molar-refractivity contribution in [3.8, 4) is 0 Å². The fourth-order valence-corrected chi connectivity index (χ4v) is 2.57. The number of ether oxygens (including phenoxy) is 1. The van der Waals surface area contributed by atoms with Crippen LogP contribution in [0.15, 0.2) is 11.1 Å². The molecule has 0 bridgehead atoms. The molecule has 4 N–H and O–H groups in total. The van der Waals surface area contributed by atoms with Gasteiger partial charge in [-0.15, -0.1) is 0 Å². The maximum absolute atomic E-state index is 12.1. The van der Waals surface area contributed by atoms with E-state index in [2.05, 4.69) is 34.1 Å². The first kappa shape index (κ1) is 15.9. The van der Waals surface area contributed by atoms with E-state index in [9.17, 15) is 15.0 Å². The summed E-state index contributed by atoms with van der Waals surface area (Å²) in [5.74, 6) is 0.773. The van der Waals surface area contributed by atoms with Crippen LogP contribution in [0.4, 0.5) is 5.95 Å². The molecule has 0 saturated carbocycles. The number of aromatic nitrogens is 4. The molecular weight excluding hydrogens is 302 g/mol. The van der Waals surface area contributed by atoms with E-state index in [1.165, 1.54) is 6.33 Å². The molecule has 1 fully saturated rings. The Balaban J connectivity index is 1.94. The summed E-state index contributed by atoms with van der Waals surface area (Å²) in [4.78, 5) is 23.2. The fraction of sp³-hybridized carbons (Fsp3) is 0.643. The average molecular weight is 323 g/mol. The van der Waals surface area contributed by atoms with E-state index in [-0.39, 0.29) is 17.7 Å². The average Bonchev–Trinajstić information content (AvgIpc) is 3.08. The third kappa shape index (κ3) is 3.07. The van der Waals surface area contributed by atoms with Gasteiger partial charge in [0.05, 0.1) is 19.0 Å². The van der Waals surface area contributed by atoms with Gasteiger partial charge in [0, 0.05) is 13.0 Å². The highest BCUT2D eigenvalue weighted by Gasteiger charge is 2.35. The highest BCUT2D eigenvalue weighted by Crippen LogP contribution is 2.30. The molecule has 3 rings (SSSR count). The Morgan fingerprint density at radius 1 is 1.57 bits per heavy atom. The first-order valence-corrected chi connectivity index (χ1v) is 7.64. The van der Waals surface area contributed by atoms with E-state index in [1.54, 1.807) is 4.57 Å². The maximum Gasteiger partial charge on any atom is 0.280 e. The minimum absolute atomic E-state index is 0.214. The quantitative estimate of drug-likeness (QED) is 0.602. The van der Waals surface area contributed by atoms with Crippen LogP contribution in [-0.2, 0) is 4.74 Å². The van der Waals surface area contributed by atoms with Gasteiger partial charge < -0.3 is 20.3 Å². The van der Waals surface area contributed by atoms with Crippen molar-refractivity contribution in [3.05, 3.63) is 16.7 Å². The Morgan fingerprint density at radius 3 is 3.00 bits per heavy atom. The smallest absolute Gasteiger partial charge is 0.280 e. The summed E-state index contributed by atoms with van der Waals surface area (Å²) >= 11 is 0. The SMILES string of the molecule is CC(C)CNc1nc2c(ncn2[C@H]2C[C@@H](O)[C@@H](CO)O2)c(=O)[nH]1. The molecule has 3 heterocycles. The predicted octanol–water partition coefficient (Wildman–Crippen LogP) is -0.172. The van der Waals surface area contributed by atoms with E-state index >= 15 is 0 Å². The number of anilines is 1. The van der Waals surface area contributed by atoms with Crippen LogP contribution in [0, 0.1) is 5.92 Å². The maximum atomic E-state index is 12.1. The minimum atomic E-state index is -0.761. The van der Waals surface area contributed by atoms with Crippen molar-refractivity contribution >= 4 is 17.1 Å². The number of aliphatic hydroxyl groups is 2. The summed E-state index contributed by atoms with van der Waals surface area (Å²) < 4.78 is 7.22. The third-order valence-corrected chi connectivity index (χ3v) is 3.80. The number of rotatable bonds is 5. The lowest BCUT2D eigenvalue weighted by Crippen LogP contribution is -2.24. The van der Waals surface area contributed by atoms with E-state index in [4.69, 9.17) is 4.74 Å². The molecule has 2 aromatic heterocycles. The number of aliphatic hydroxyl groups excluding tert-OH is 2. The van der Waals surface area contributed by atoms with Crippen molar-refractivity contribution < 1.29 is 14.9 Å². The molecule has 2 aromatic rings. The Morgan fingerprint density at radius 2 is 2.35 bits per heavy atom. The molecule has 23 heavy (non-hydrogen) atoms. The molecule has 0 unspecified atom stereocenters. The Bertz CT molecular complexity index is 740. The lowest BCUT2D eigenvalue weighted by atomic mass is 10.2. The number of H-pyrrole nitrogens is 1. The molecule has 0 aliphatic carbocycles. The van der Waals surface area contributed by atoms with Gasteiger partial charge in [0.25, 0.3) is 5.56 Å². The van der Waals surface area contributed by atoms with Gasteiger partial charge in [0.15, 0.2) is 11.2 Å². The molecule has 0 aromatic carbocycles. The van der Waals surface area contributed by atoms with Crippen LogP contribution >= 0.6 is 0 Å². The van der Waals surface area contributed by atoms with Gasteiger partial charge in [-0.3, -0.25) is 14.3 Å². The number of fused-ring (bicyclic) bond motifs is 1. The summed E-state index contributed by atoms with van der Waals surface area (Å²) in [6.45, 7) is 4.51. The summed E-state index contributed by atoms with van der Waals surface area (Å²) in [5, 5.41) is 22.1. The Kier molecular flexibility index (Phi) is 4.33. The Hall–Kier alpha value is -1.97. The van der Waals surface area contributed by atoms with E-state index in [0.29, 0.717) is 30.5 Å². The van der Waals surface area contributed by atoms with Gasteiger partial charge in [-0.25, -0.2) is 4.98 Å². The van der Waals surface area contributed by atoms with Crippen molar-refractivity contribution in [2.24, 2.45) is 5.92 Å². The molecule has 9 heteroatoms. The van der Waals surface area contributed by atoms with Crippen LogP contribution in [0.5, 0.6) is 0 Å². The fourth-order valence-electron chi connectivity index (χ4n) is 2.57. The lowest BCUT2D eigenvalue weighted by Gasteiger charge is -2.14. The van der Waals surface area contributed by atoms with Crippen LogP contribution in [0.3, 0.4) is 0 Å². The van der Waals surface area contributed by atoms with Crippen molar-refractivity contribution in [1.29, 1.82) is 0 Å². The molecule has 0 amide bonds. The van der Waals surface area contributed by atoms with Gasteiger partial charge >= 0.3 is 0 Å². The number of hydrogen-bond acceptors (Lipinski definition) is 7. The van der Waals surface area contributed by atoms with Crippen LogP contribution in [0.25, 0.3) is 11.2 Å². The van der Waals surface area contributed by atoms with E-state index in [1.807, 2.05) is 0 Å². The molecule has 1 aliphatic heterocycles. The molecule has 3 atom stereocenters. The molecule has 1 aliphatic rings. The molecule has 9 nitrogen and oxygen atoms in total. The topological polar surface area (TPSA) is 125 Å². The highest BCUT2D eigenvalue weighted by molar-refractivity contribution is 5.70. The van der Waals surface area contributed by atoms with E-state index < -0.39 is 18.4 Å². The lowest BCUT2D eigenvalue weighted by molar-refractivity contribution is -0.0432. The monoisotopic (exact) mass is 323 g/mol. The zero-order valence-corrected chi connectivity index (χ0v) is 13.1. The normalized spacial score (nSPS) is 24.7. The second kappa shape index (κ2) is 6.26. The largest absolute Gasteiger partial charge is 0.394 e. The predicted molar refractivity (Wildman–Crippen MR) is 83.1 cm³/mol. The summed E-state index contributed by atoms with van der Waals surface area (Å²) in [7, 11) is 0. The first-order valence-electron chi connectivity index (χ1n) is 7.64. The van der Waals surface area contributed by atoms with Crippen molar-refractivity contribution in [2.75, 3.05) is 18.5 Å². The van der Waals surface area contributed by atoms with Gasteiger partial charge in [0.2, 0.25) is 5.95 Å². The first-order chi connectivity index (χ1) is 11.0. The van der Waals surface area contributed by atoms with Crippen LogP contribution < -0.4 is 10.9 Å². The number of nitrogens with one attached hydrogen (secondary N) is 2. The van der Waals surface area contributed by atoms with Crippen molar-refractivity contribution in [1.82, 2.24) is 19.5 Å².